The summed E-state index contributed by atoms with van der Waals surface area (Å²) in [6, 6.07) is 12.4. The summed E-state index contributed by atoms with van der Waals surface area (Å²) in [6.45, 7) is 0. The van der Waals surface area contributed by atoms with E-state index in [1.165, 1.54) is 0 Å². The van der Waals surface area contributed by atoms with Gasteiger partial charge in [0.15, 0.2) is 5.75 Å². The number of nitrogens with one attached hydrogen (secondary N) is 1. The van der Waals surface area contributed by atoms with E-state index in [1.54, 1.807) is 43.5 Å². The molecule has 2 aromatic carbocycles. The third-order valence-electron chi connectivity index (χ3n) is 2.79. The zero-order valence-corrected chi connectivity index (χ0v) is 9.77. The van der Waals surface area contributed by atoms with Crippen molar-refractivity contribution in [3.05, 3.63) is 48.0 Å². The number of amides is 1. The Kier molecular flexibility index (Phi) is 2.41. The molecule has 4 heteroatoms. The van der Waals surface area contributed by atoms with Crippen molar-refractivity contribution >= 4 is 11.6 Å². The van der Waals surface area contributed by atoms with E-state index in [1.807, 2.05) is 6.07 Å². The minimum Gasteiger partial charge on any atom is -0.497 e. The molecule has 0 radical (unpaired) electrons. The molecule has 1 heterocycles. The highest BCUT2D eigenvalue weighted by molar-refractivity contribution is 6.07. The van der Waals surface area contributed by atoms with Crippen molar-refractivity contribution in [2.75, 3.05) is 12.4 Å². The molecule has 0 aromatic heterocycles. The molecule has 1 N–H and O–H groups in total. The van der Waals surface area contributed by atoms with Gasteiger partial charge in [0.2, 0.25) is 0 Å². The Balaban J connectivity index is 2.13. The van der Waals surface area contributed by atoms with Gasteiger partial charge in [0.1, 0.15) is 11.5 Å². The summed E-state index contributed by atoms with van der Waals surface area (Å²) in [6.07, 6.45) is 0. The molecule has 1 aliphatic rings. The number of methoxy groups -OCH3 is 1. The van der Waals surface area contributed by atoms with Gasteiger partial charge in [-0.1, -0.05) is 12.1 Å². The maximum Gasteiger partial charge on any atom is 0.259 e. The zero-order chi connectivity index (χ0) is 12.5. The highest BCUT2D eigenvalue weighted by Gasteiger charge is 2.20. The van der Waals surface area contributed by atoms with Gasteiger partial charge in [0.05, 0.1) is 18.4 Å². The van der Waals surface area contributed by atoms with E-state index in [9.17, 15) is 4.79 Å². The first-order chi connectivity index (χ1) is 8.78. The fourth-order valence-corrected chi connectivity index (χ4v) is 1.87. The van der Waals surface area contributed by atoms with Crippen molar-refractivity contribution in [3.63, 3.8) is 0 Å². The number of carbonyl (C=O) groups is 1. The average Bonchev–Trinajstić information content (AvgIpc) is 2.54. The van der Waals surface area contributed by atoms with Gasteiger partial charge in [-0.05, 0) is 24.3 Å². The number of para-hydroxylation sites is 1. The predicted molar refractivity (Wildman–Crippen MR) is 67.5 cm³/mol. The van der Waals surface area contributed by atoms with E-state index in [2.05, 4.69) is 5.32 Å². The number of hydrogen-bond donors (Lipinski definition) is 1. The Hall–Kier alpha value is -2.49. The summed E-state index contributed by atoms with van der Waals surface area (Å²) in [5, 5.41) is 2.81. The van der Waals surface area contributed by atoms with Crippen LogP contribution in [0, 0.1) is 0 Å². The molecule has 1 amide bonds. The summed E-state index contributed by atoms with van der Waals surface area (Å²) in [4.78, 5) is 12.0. The van der Waals surface area contributed by atoms with Crippen LogP contribution in [-0.4, -0.2) is 13.0 Å². The molecule has 18 heavy (non-hydrogen) atoms. The Labute approximate surface area is 104 Å². The molecule has 3 rings (SSSR count). The molecule has 1 aliphatic heterocycles. The number of benzene rings is 2. The van der Waals surface area contributed by atoms with Crippen molar-refractivity contribution < 1.29 is 14.3 Å². The molecule has 0 bridgehead atoms. The van der Waals surface area contributed by atoms with Gasteiger partial charge >= 0.3 is 0 Å². The summed E-state index contributed by atoms with van der Waals surface area (Å²) >= 11 is 0. The van der Waals surface area contributed by atoms with E-state index in [0.717, 1.165) is 0 Å². The number of ether oxygens (including phenoxy) is 2. The molecule has 0 saturated heterocycles. The number of fused-ring (bicyclic) bond motifs is 2. The number of carbonyl (C=O) groups excluding carboxylic acids is 1. The predicted octanol–water partition coefficient (Wildman–Crippen LogP) is 3.05. The summed E-state index contributed by atoms with van der Waals surface area (Å²) < 4.78 is 10.9. The van der Waals surface area contributed by atoms with Crippen molar-refractivity contribution in [1.82, 2.24) is 0 Å². The number of anilines is 1. The summed E-state index contributed by atoms with van der Waals surface area (Å²) in [7, 11) is 1.59. The highest BCUT2D eigenvalue weighted by Crippen LogP contribution is 2.37. The van der Waals surface area contributed by atoms with Crippen LogP contribution in [0.15, 0.2) is 42.5 Å². The molecule has 4 nitrogen and oxygen atoms in total. The van der Waals surface area contributed by atoms with Crippen molar-refractivity contribution in [2.45, 2.75) is 0 Å². The smallest absolute Gasteiger partial charge is 0.259 e. The van der Waals surface area contributed by atoms with E-state index in [0.29, 0.717) is 28.5 Å². The molecule has 0 spiro atoms. The lowest BCUT2D eigenvalue weighted by Crippen LogP contribution is -2.10. The summed E-state index contributed by atoms with van der Waals surface area (Å²) in [5.74, 6) is 1.63. The van der Waals surface area contributed by atoms with E-state index >= 15 is 0 Å². The minimum atomic E-state index is -0.172. The zero-order valence-electron chi connectivity index (χ0n) is 9.77. The normalized spacial score (nSPS) is 12.6. The molecular formula is C14H11NO3. The third-order valence-corrected chi connectivity index (χ3v) is 2.79. The molecule has 0 atom stereocenters. The second-order valence-corrected chi connectivity index (χ2v) is 3.91. The third kappa shape index (κ3) is 1.68. The van der Waals surface area contributed by atoms with Crippen molar-refractivity contribution in [2.24, 2.45) is 0 Å². The molecule has 0 saturated carbocycles. The Bertz CT molecular complexity index is 622. The molecular weight excluding hydrogens is 230 g/mol. The Morgan fingerprint density at radius 1 is 1.11 bits per heavy atom. The largest absolute Gasteiger partial charge is 0.497 e. The standard InChI is InChI=1S/C14H11NO3/c1-17-9-6-7-11-13(8-9)18-12-5-3-2-4-10(12)14(16)15-11/h2-8H,1H3,(H,15,16). The van der Waals surface area contributed by atoms with Crippen LogP contribution in [0.2, 0.25) is 0 Å². The highest BCUT2D eigenvalue weighted by atomic mass is 16.5. The van der Waals surface area contributed by atoms with Gasteiger partial charge in [-0.3, -0.25) is 4.79 Å². The van der Waals surface area contributed by atoms with E-state index in [-0.39, 0.29) is 5.91 Å². The Morgan fingerprint density at radius 2 is 1.94 bits per heavy atom. The topological polar surface area (TPSA) is 47.6 Å². The van der Waals surface area contributed by atoms with Crippen molar-refractivity contribution in [1.29, 1.82) is 0 Å². The second-order valence-electron chi connectivity index (χ2n) is 3.91. The fourth-order valence-electron chi connectivity index (χ4n) is 1.87. The van der Waals surface area contributed by atoms with Crippen LogP contribution in [0.25, 0.3) is 0 Å². The second kappa shape index (κ2) is 4.07. The minimum absolute atomic E-state index is 0.172. The molecule has 0 fully saturated rings. The van der Waals surface area contributed by atoms with Crippen LogP contribution in [0.5, 0.6) is 17.2 Å². The maximum atomic E-state index is 12.0. The van der Waals surface area contributed by atoms with Crippen molar-refractivity contribution in [3.8, 4) is 17.2 Å². The quantitative estimate of drug-likeness (QED) is 0.834. The SMILES string of the molecule is COc1ccc2c(c1)Oc1ccccc1C(=O)N2. The van der Waals surface area contributed by atoms with Crippen LogP contribution in [0.3, 0.4) is 0 Å². The van der Waals surface area contributed by atoms with Crippen LogP contribution in [0.1, 0.15) is 10.4 Å². The van der Waals surface area contributed by atoms with Crippen LogP contribution in [0.4, 0.5) is 5.69 Å². The Morgan fingerprint density at radius 3 is 2.78 bits per heavy atom. The fraction of sp³-hybridized carbons (Fsp3) is 0.0714. The van der Waals surface area contributed by atoms with Gasteiger partial charge in [-0.25, -0.2) is 0 Å². The molecule has 0 unspecified atom stereocenters. The monoisotopic (exact) mass is 241 g/mol. The maximum absolute atomic E-state index is 12.0. The van der Waals surface area contributed by atoms with Crippen LogP contribution >= 0.6 is 0 Å². The lowest BCUT2D eigenvalue weighted by atomic mass is 10.2. The molecule has 90 valence electrons. The van der Waals surface area contributed by atoms with Gasteiger partial charge in [0.25, 0.3) is 5.91 Å². The molecule has 0 aliphatic carbocycles. The first kappa shape index (κ1) is 10.7. The molecule has 2 aromatic rings. The van der Waals surface area contributed by atoms with Gasteiger partial charge in [-0.2, -0.15) is 0 Å². The number of rotatable bonds is 1. The van der Waals surface area contributed by atoms with Gasteiger partial charge in [0, 0.05) is 6.07 Å². The lowest BCUT2D eigenvalue weighted by Gasteiger charge is -2.09. The average molecular weight is 241 g/mol. The summed E-state index contributed by atoms with van der Waals surface area (Å²) in [5.41, 5.74) is 1.16. The van der Waals surface area contributed by atoms with Crippen LogP contribution < -0.4 is 14.8 Å². The lowest BCUT2D eigenvalue weighted by molar-refractivity contribution is 0.102. The van der Waals surface area contributed by atoms with Gasteiger partial charge in [-0.15, -0.1) is 0 Å². The first-order valence-electron chi connectivity index (χ1n) is 5.54. The number of hydrogen-bond acceptors (Lipinski definition) is 3. The van der Waals surface area contributed by atoms with Crippen LogP contribution in [-0.2, 0) is 0 Å². The van der Waals surface area contributed by atoms with E-state index in [4.69, 9.17) is 9.47 Å². The van der Waals surface area contributed by atoms with E-state index < -0.39 is 0 Å². The van der Waals surface area contributed by atoms with Gasteiger partial charge < -0.3 is 14.8 Å². The first-order valence-corrected chi connectivity index (χ1v) is 5.54.